The van der Waals surface area contributed by atoms with Crippen LogP contribution in [0.15, 0.2) is 47.4 Å². The average Bonchev–Trinajstić information content (AvgIpc) is 3.64. The highest BCUT2D eigenvalue weighted by Gasteiger charge is 2.30. The van der Waals surface area contributed by atoms with E-state index in [-0.39, 0.29) is 17.7 Å². The molecule has 2 aromatic carbocycles. The maximum absolute atomic E-state index is 13.0. The lowest BCUT2D eigenvalue weighted by Crippen LogP contribution is -2.38. The quantitative estimate of drug-likeness (QED) is 0.664. The number of anilines is 2. The molecule has 1 saturated carbocycles. The number of morpholine rings is 1. The highest BCUT2D eigenvalue weighted by atomic mass is 32.2. The summed E-state index contributed by atoms with van der Waals surface area (Å²) in [7, 11) is 0. The molecular formula is C23H27N3O3S. The molecule has 2 N–H and O–H groups in total. The van der Waals surface area contributed by atoms with Crippen LogP contribution in [0.25, 0.3) is 0 Å². The number of benzene rings is 2. The zero-order valence-corrected chi connectivity index (χ0v) is 18.0. The number of carbonyl (C=O) groups is 2. The number of carbonyl (C=O) groups excluding carboxylic acids is 2. The molecule has 1 aliphatic carbocycles. The van der Waals surface area contributed by atoms with Gasteiger partial charge in [-0.25, -0.2) is 0 Å². The second kappa shape index (κ2) is 9.53. The third kappa shape index (κ3) is 5.15. The van der Waals surface area contributed by atoms with Crippen molar-refractivity contribution >= 4 is 35.0 Å². The van der Waals surface area contributed by atoms with Crippen LogP contribution in [0.1, 0.15) is 28.8 Å². The molecule has 0 radical (unpaired) electrons. The van der Waals surface area contributed by atoms with E-state index in [9.17, 15) is 9.59 Å². The van der Waals surface area contributed by atoms with Crippen LogP contribution in [0.5, 0.6) is 0 Å². The second-order valence-electron chi connectivity index (χ2n) is 7.63. The third-order valence-electron chi connectivity index (χ3n) is 5.42. The number of hydrogen-bond donors (Lipinski definition) is 2. The maximum atomic E-state index is 13.0. The first-order valence-corrected chi connectivity index (χ1v) is 11.6. The molecule has 1 aliphatic heterocycles. The lowest BCUT2D eigenvalue weighted by molar-refractivity contribution is -0.117. The van der Waals surface area contributed by atoms with E-state index in [4.69, 9.17) is 4.74 Å². The van der Waals surface area contributed by atoms with Crippen molar-refractivity contribution in [3.8, 4) is 0 Å². The Morgan fingerprint density at radius 2 is 1.83 bits per heavy atom. The van der Waals surface area contributed by atoms with Crippen LogP contribution in [0, 0.1) is 5.92 Å². The number of nitrogens with zero attached hydrogens (tertiary/aromatic N) is 1. The summed E-state index contributed by atoms with van der Waals surface area (Å²) >= 11 is 1.69. The van der Waals surface area contributed by atoms with Gasteiger partial charge in [0.25, 0.3) is 5.91 Å². The maximum Gasteiger partial charge on any atom is 0.253 e. The minimum Gasteiger partial charge on any atom is -0.378 e. The number of nitrogens with one attached hydrogen (secondary N) is 2. The molecule has 2 amide bonds. The number of rotatable bonds is 7. The van der Waals surface area contributed by atoms with E-state index in [2.05, 4.69) is 27.7 Å². The van der Waals surface area contributed by atoms with Gasteiger partial charge in [0.15, 0.2) is 0 Å². The van der Waals surface area contributed by atoms with Crippen molar-refractivity contribution in [2.24, 2.45) is 5.92 Å². The van der Waals surface area contributed by atoms with Crippen LogP contribution in [0.3, 0.4) is 0 Å². The third-order valence-corrected chi connectivity index (χ3v) is 6.17. The lowest BCUT2D eigenvalue weighted by Gasteiger charge is -2.30. The van der Waals surface area contributed by atoms with Crippen molar-refractivity contribution in [3.63, 3.8) is 0 Å². The Morgan fingerprint density at radius 1 is 1.10 bits per heavy atom. The molecule has 2 fully saturated rings. The van der Waals surface area contributed by atoms with Crippen LogP contribution in [0.4, 0.5) is 11.4 Å². The average molecular weight is 426 g/mol. The fourth-order valence-corrected chi connectivity index (χ4v) is 3.89. The van der Waals surface area contributed by atoms with Gasteiger partial charge in [-0.3, -0.25) is 9.59 Å². The minimum atomic E-state index is -0.120. The number of ether oxygens (including phenoxy) is 1. The normalized spacial score (nSPS) is 16.2. The largest absolute Gasteiger partial charge is 0.378 e. The van der Waals surface area contributed by atoms with Crippen molar-refractivity contribution in [2.45, 2.75) is 24.3 Å². The van der Waals surface area contributed by atoms with Gasteiger partial charge in [-0.15, -0.1) is 11.8 Å². The predicted octanol–water partition coefficient (Wildman–Crippen LogP) is 3.52. The van der Waals surface area contributed by atoms with Crippen molar-refractivity contribution < 1.29 is 14.3 Å². The zero-order chi connectivity index (χ0) is 20.9. The van der Waals surface area contributed by atoms with Crippen LogP contribution in [-0.4, -0.2) is 44.4 Å². The van der Waals surface area contributed by atoms with E-state index in [1.165, 1.54) is 4.90 Å². The Bertz CT molecular complexity index is 906. The van der Waals surface area contributed by atoms with Crippen molar-refractivity contribution in [2.75, 3.05) is 42.8 Å². The standard InChI is InChI=1S/C23H27N3O3S/c1-30-19-7-2-16(3-8-19)15-24-23(28)20-9-6-18(25-22(27)17-4-5-17)14-21(20)26-10-12-29-13-11-26/h2-3,6-9,14,17H,4-5,10-13,15H2,1H3,(H,24,28)(H,25,27). The molecule has 1 saturated heterocycles. The summed E-state index contributed by atoms with van der Waals surface area (Å²) in [5, 5.41) is 6.02. The second-order valence-corrected chi connectivity index (χ2v) is 8.51. The molecule has 0 atom stereocenters. The SMILES string of the molecule is CSc1ccc(CNC(=O)c2ccc(NC(=O)C3CC3)cc2N2CCOCC2)cc1. The fourth-order valence-electron chi connectivity index (χ4n) is 3.48. The predicted molar refractivity (Wildman–Crippen MR) is 120 cm³/mol. The zero-order valence-electron chi connectivity index (χ0n) is 17.1. The van der Waals surface area contributed by atoms with Gasteiger partial charge in [0.1, 0.15) is 0 Å². The molecule has 7 heteroatoms. The molecule has 6 nitrogen and oxygen atoms in total. The number of hydrogen-bond acceptors (Lipinski definition) is 5. The Kier molecular flexibility index (Phi) is 6.59. The van der Waals surface area contributed by atoms with Crippen LogP contribution >= 0.6 is 11.8 Å². The van der Waals surface area contributed by atoms with Gasteiger partial charge in [-0.05, 0) is 55.0 Å². The molecule has 1 heterocycles. The summed E-state index contributed by atoms with van der Waals surface area (Å²) < 4.78 is 5.47. The summed E-state index contributed by atoms with van der Waals surface area (Å²) in [5.74, 6) is 0.0802. The summed E-state index contributed by atoms with van der Waals surface area (Å²) in [5.41, 5.74) is 3.24. The Balaban J connectivity index is 1.50. The van der Waals surface area contributed by atoms with Gasteiger partial charge in [-0.2, -0.15) is 0 Å². The van der Waals surface area contributed by atoms with Gasteiger partial charge < -0.3 is 20.3 Å². The Labute approximate surface area is 181 Å². The van der Waals surface area contributed by atoms with Gasteiger partial charge >= 0.3 is 0 Å². The minimum absolute atomic E-state index is 0.0637. The first-order valence-electron chi connectivity index (χ1n) is 10.3. The van der Waals surface area contributed by atoms with Crippen molar-refractivity contribution in [1.29, 1.82) is 0 Å². The highest BCUT2D eigenvalue weighted by molar-refractivity contribution is 7.98. The Hall–Kier alpha value is -2.51. The van der Waals surface area contributed by atoms with Crippen LogP contribution in [-0.2, 0) is 16.1 Å². The molecule has 0 bridgehead atoms. The lowest BCUT2D eigenvalue weighted by atomic mass is 10.1. The van der Waals surface area contributed by atoms with Crippen LogP contribution < -0.4 is 15.5 Å². The number of thioether (sulfide) groups is 1. The molecular weight excluding hydrogens is 398 g/mol. The smallest absolute Gasteiger partial charge is 0.253 e. The summed E-state index contributed by atoms with van der Waals surface area (Å²) in [6.07, 6.45) is 3.96. The summed E-state index contributed by atoms with van der Waals surface area (Å²) in [6, 6.07) is 13.7. The summed E-state index contributed by atoms with van der Waals surface area (Å²) in [4.78, 5) is 28.5. The Morgan fingerprint density at radius 3 is 2.50 bits per heavy atom. The topological polar surface area (TPSA) is 70.7 Å². The fraction of sp³-hybridized carbons (Fsp3) is 0.391. The molecule has 0 spiro atoms. The van der Waals surface area contributed by atoms with E-state index in [1.54, 1.807) is 17.8 Å². The van der Waals surface area contributed by atoms with Gasteiger partial charge in [0, 0.05) is 36.1 Å². The van der Waals surface area contributed by atoms with E-state index in [0.717, 1.165) is 42.9 Å². The molecule has 2 aromatic rings. The van der Waals surface area contributed by atoms with E-state index in [1.807, 2.05) is 30.5 Å². The van der Waals surface area contributed by atoms with E-state index >= 15 is 0 Å². The molecule has 0 aromatic heterocycles. The highest BCUT2D eigenvalue weighted by Crippen LogP contribution is 2.31. The van der Waals surface area contributed by atoms with Crippen molar-refractivity contribution in [3.05, 3.63) is 53.6 Å². The monoisotopic (exact) mass is 425 g/mol. The first kappa shape index (κ1) is 20.8. The van der Waals surface area contributed by atoms with Crippen LogP contribution in [0.2, 0.25) is 0 Å². The van der Waals surface area contributed by atoms with Crippen molar-refractivity contribution in [1.82, 2.24) is 5.32 Å². The first-order chi connectivity index (χ1) is 14.6. The van der Waals surface area contributed by atoms with Gasteiger partial charge in [0.2, 0.25) is 5.91 Å². The van der Waals surface area contributed by atoms with Gasteiger partial charge in [0.05, 0.1) is 24.5 Å². The van der Waals surface area contributed by atoms with E-state index < -0.39 is 0 Å². The molecule has 2 aliphatic rings. The number of amides is 2. The summed E-state index contributed by atoms with van der Waals surface area (Å²) in [6.45, 7) is 3.16. The molecule has 4 rings (SSSR count). The molecule has 0 unspecified atom stereocenters. The molecule has 30 heavy (non-hydrogen) atoms. The van der Waals surface area contributed by atoms with E-state index in [0.29, 0.717) is 25.3 Å². The molecule has 158 valence electrons. The van der Waals surface area contributed by atoms with Gasteiger partial charge in [-0.1, -0.05) is 12.1 Å².